The van der Waals surface area contributed by atoms with Crippen LogP contribution < -0.4 is 19.9 Å². The van der Waals surface area contributed by atoms with Crippen LogP contribution in [-0.4, -0.2) is 19.9 Å². The summed E-state index contributed by atoms with van der Waals surface area (Å²) < 4.78 is 0. The van der Waals surface area contributed by atoms with Gasteiger partial charge in [0.1, 0.15) is 0 Å². The Morgan fingerprint density at radius 3 is 0.483 bits per heavy atom. The maximum Gasteiger partial charge on any atom is 2.00 e. The summed E-state index contributed by atoms with van der Waals surface area (Å²) in [5.41, 5.74) is 52.6. The Balaban J connectivity index is 0.00000520. The van der Waals surface area contributed by atoms with E-state index < -0.39 is 0 Å². The second-order valence-corrected chi connectivity index (χ2v) is 32.8. The van der Waals surface area contributed by atoms with Gasteiger partial charge < -0.3 is 19.9 Å². The van der Waals surface area contributed by atoms with Crippen LogP contribution in [0, 0.1) is 136 Å². The van der Waals surface area contributed by atoms with Crippen LogP contribution in [0.15, 0.2) is 170 Å². The Hall–Kier alpha value is -12.2. The Labute approximate surface area is 718 Å². The first-order chi connectivity index (χ1) is 55.8. The zero-order valence-corrected chi connectivity index (χ0v) is 76.7. The van der Waals surface area contributed by atoms with Gasteiger partial charge in [0.15, 0.2) is 0 Å². The van der Waals surface area contributed by atoms with Crippen LogP contribution >= 0.6 is 0 Å². The van der Waals surface area contributed by atoms with Crippen molar-refractivity contribution < 1.29 is 39.0 Å². The number of hydrogen-bond donors (Lipinski definition) is 0. The van der Waals surface area contributed by atoms with Crippen molar-refractivity contribution in [3.05, 3.63) is 327 Å². The monoisotopic (exact) mass is 1630 g/mol. The van der Waals surface area contributed by atoms with Crippen LogP contribution in [0.2, 0.25) is 0 Å². The Morgan fingerprint density at radius 2 is 0.322 bits per heavy atom. The van der Waals surface area contributed by atoms with Gasteiger partial charge in [0, 0.05) is 11.1 Å². The van der Waals surface area contributed by atoms with Crippen LogP contribution in [0.4, 0.5) is 0 Å². The maximum atomic E-state index is 5.70. The summed E-state index contributed by atoms with van der Waals surface area (Å²) in [6, 6.07) is 61.6. The van der Waals surface area contributed by atoms with Crippen LogP contribution in [0.25, 0.3) is 182 Å². The molecule has 0 unspecified atom stereocenters. The fourth-order valence-electron chi connectivity index (χ4n) is 19.3. The minimum atomic E-state index is 0. The van der Waals surface area contributed by atoms with E-state index >= 15 is 0 Å². The molecule has 4 aliphatic rings. The van der Waals surface area contributed by atoms with E-state index in [-0.39, 0.29) is 39.0 Å². The van der Waals surface area contributed by atoms with E-state index in [4.69, 9.17) is 39.9 Å². The zero-order chi connectivity index (χ0) is 80.5. The van der Waals surface area contributed by atoms with Gasteiger partial charge in [-0.1, -0.05) is 191 Å². The molecule has 0 atom stereocenters. The van der Waals surface area contributed by atoms with Crippen molar-refractivity contribution in [2.24, 2.45) is 0 Å². The maximum absolute atomic E-state index is 5.70. The van der Waals surface area contributed by atoms with Gasteiger partial charge >= 0.3 is 39.0 Å². The van der Waals surface area contributed by atoms with Crippen LogP contribution in [-0.2, 0) is 39.0 Å². The molecule has 118 heavy (non-hydrogen) atoms. The van der Waals surface area contributed by atoms with Crippen LogP contribution in [0.3, 0.4) is 0 Å². The van der Waals surface area contributed by atoms with E-state index in [2.05, 4.69) is 355 Å². The average Bonchev–Trinajstić information content (AvgIpc) is 1.60. The summed E-state index contributed by atoms with van der Waals surface area (Å²) >= 11 is 0. The fourth-order valence-corrected chi connectivity index (χ4v) is 19.3. The number of hydrogen-bond acceptors (Lipinski definition) is 4. The molecule has 566 valence electrons. The van der Waals surface area contributed by atoms with Gasteiger partial charge in [-0.25, -0.2) is 19.9 Å². The van der Waals surface area contributed by atoms with Gasteiger partial charge in [0.05, 0.1) is 45.6 Å². The molecule has 0 spiro atoms. The molecule has 8 aromatic carbocycles. The molecule has 0 aliphatic carbocycles. The molecule has 0 fully saturated rings. The van der Waals surface area contributed by atoms with Crippen molar-refractivity contribution in [2.45, 2.75) is 125 Å². The summed E-state index contributed by atoms with van der Waals surface area (Å²) in [5, 5.41) is 0. The SMILES string of the molecule is Cc1cc(C)c(-c2c3nc(c(-c4c(C)cc(C)cc4C)c4ccc([n-]4)[13c](-c4ccc(C#Cc5ccc(-[13c]6c7nc(c(-c8c(C)cc(C)cc8C)c8ccc([n-]8)c(-c8c(C)cc(C)cc8C)c8nc(c(-c9c(C)cc(C)cc9C)c9ccc6[n-]9)C=C8)C=C7)cc5)cc4)c4nc(c(-c5c(C)cc(C)cc5C)c5ccc2[n-]5)C=C4)C=C3)c(C)c1.[Zn+2].[Zn+2]. The molecule has 4 aliphatic heterocycles. The summed E-state index contributed by atoms with van der Waals surface area (Å²) in [5.74, 6) is 7.13. The quantitative estimate of drug-likeness (QED) is 0.109. The Kier molecular flexibility index (Phi) is 21.1. The van der Waals surface area contributed by atoms with Gasteiger partial charge in [0.2, 0.25) is 0 Å². The second-order valence-electron chi connectivity index (χ2n) is 32.8. The minimum Gasteiger partial charge on any atom is -0.657 e. The van der Waals surface area contributed by atoms with E-state index in [1.165, 1.54) is 55.6 Å². The first kappa shape index (κ1) is 79.6. The van der Waals surface area contributed by atoms with Crippen molar-refractivity contribution in [3.8, 4) is 101 Å². The van der Waals surface area contributed by atoms with Crippen molar-refractivity contribution in [3.63, 3.8) is 0 Å². The van der Waals surface area contributed by atoms with E-state index in [0.717, 1.165) is 234 Å². The number of aromatic nitrogens is 8. The normalized spacial score (nSPS) is 12.0. The fraction of sp³-hybridized carbons (Fsp3) is 0.167. The predicted octanol–water partition coefficient (Wildman–Crippen LogP) is 26.4. The molecule has 0 saturated carbocycles. The third kappa shape index (κ3) is 14.3. The summed E-state index contributed by atoms with van der Waals surface area (Å²) in [6.07, 6.45) is 17.3. The van der Waals surface area contributed by atoms with Gasteiger partial charge in [-0.3, -0.25) is 0 Å². The molecule has 10 heterocycles. The molecule has 0 N–H and O–H groups in total. The summed E-state index contributed by atoms with van der Waals surface area (Å²) in [7, 11) is 0. The molecule has 16 bridgehead atoms. The van der Waals surface area contributed by atoms with Crippen molar-refractivity contribution in [1.82, 2.24) is 39.9 Å². The van der Waals surface area contributed by atoms with Crippen molar-refractivity contribution in [1.29, 1.82) is 0 Å². The third-order valence-corrected chi connectivity index (χ3v) is 23.5. The predicted molar refractivity (Wildman–Crippen MR) is 488 cm³/mol. The van der Waals surface area contributed by atoms with Gasteiger partial charge in [-0.2, -0.15) is 0 Å². The zero-order valence-electron chi connectivity index (χ0n) is 70.8. The average molecular weight is 1630 g/mol. The van der Waals surface area contributed by atoms with Gasteiger partial charge in [-0.05, 0) is 353 Å². The molecule has 0 amide bonds. The smallest absolute Gasteiger partial charge is 0.657 e. The molecule has 0 saturated heterocycles. The summed E-state index contributed by atoms with van der Waals surface area (Å²) in [6.45, 7) is 39.4. The third-order valence-electron chi connectivity index (χ3n) is 23.5. The Morgan fingerprint density at radius 1 is 0.178 bits per heavy atom. The number of rotatable bonds is 8. The molecular weight excluding hydrogens is 1540 g/mol. The second kappa shape index (κ2) is 31.3. The van der Waals surface area contributed by atoms with Gasteiger partial charge in [0.25, 0.3) is 0 Å². The molecule has 8 nitrogen and oxygen atoms in total. The molecular formula is C108H90N8Zn2. The number of nitrogens with zero attached hydrogens (tertiary/aromatic N) is 8. The van der Waals surface area contributed by atoms with Crippen molar-refractivity contribution in [2.75, 3.05) is 0 Å². The first-order valence-corrected chi connectivity index (χ1v) is 40.2. The minimum absolute atomic E-state index is 0. The standard InChI is InChI=1S/C108H90N8.2Zn/c1-57-45-63(7)95(64(8)46-57)103-83-33-29-79(109-83)101(80-30-34-84(110-80)104(96-65(9)47-58(2)48-66(96)10)88-38-42-92(114-88)107(91-41-37-87(103)113-91)99-71(15)53-61(5)54-72(99)16)77-25-21-75(22-26-77)19-20-76-23-27-78(28-24-76)102-81-31-35-85(111-81)105(97-67(11)49-59(3)50-68(97)12)89-39-43-93(115-89)108(100-73(17)55-62(6)56-74(100)18)94-44-40-90(116-94)106(86-36-32-82(102)112-86)98-69(13)51-60(4)52-70(98)14;;/h21-56H,1-18H3;;/q-4;2*+2/i101+1,102+1;;. The van der Waals surface area contributed by atoms with Crippen LogP contribution in [0.1, 0.15) is 157 Å². The summed E-state index contributed by atoms with van der Waals surface area (Å²) in [4.78, 5) is 45.6. The molecule has 10 heteroatoms. The van der Waals surface area contributed by atoms with Crippen LogP contribution in [0.5, 0.6) is 0 Å². The van der Waals surface area contributed by atoms with E-state index in [1.807, 2.05) is 0 Å². The molecule has 14 aromatic rings. The largest absolute Gasteiger partial charge is 2.00 e. The van der Waals surface area contributed by atoms with E-state index in [0.29, 0.717) is 0 Å². The van der Waals surface area contributed by atoms with E-state index in [1.54, 1.807) is 0 Å². The van der Waals surface area contributed by atoms with Crippen molar-refractivity contribution >= 4 is 92.7 Å². The first-order valence-electron chi connectivity index (χ1n) is 40.2. The van der Waals surface area contributed by atoms with E-state index in [9.17, 15) is 0 Å². The number of fused-ring (bicyclic) bond motifs is 16. The molecule has 18 rings (SSSR count). The Bertz CT molecular complexity index is 6530. The molecule has 6 aromatic heterocycles. The number of benzene rings is 8. The molecule has 0 radical (unpaired) electrons. The topological polar surface area (TPSA) is 108 Å². The number of aryl methyl sites for hydroxylation is 18. The van der Waals surface area contributed by atoms with Gasteiger partial charge in [-0.15, -0.1) is 44.1 Å².